The van der Waals surface area contributed by atoms with Crippen molar-refractivity contribution < 1.29 is 14.6 Å². The van der Waals surface area contributed by atoms with Gasteiger partial charge in [-0.05, 0) is 31.0 Å². The molecule has 3 heteroatoms. The van der Waals surface area contributed by atoms with E-state index >= 15 is 0 Å². The lowest BCUT2D eigenvalue weighted by atomic mass is 10.1. The summed E-state index contributed by atoms with van der Waals surface area (Å²) in [7, 11) is 0. The first kappa shape index (κ1) is 12.8. The molecule has 0 amide bonds. The molecule has 1 unspecified atom stereocenters. The topological polar surface area (TPSA) is 38.7 Å². The lowest BCUT2D eigenvalue weighted by Gasteiger charge is -2.01. The first-order chi connectivity index (χ1) is 8.79. The van der Waals surface area contributed by atoms with Gasteiger partial charge in [-0.15, -0.1) is 0 Å². The van der Waals surface area contributed by atoms with Crippen LogP contribution < -0.4 is 9.47 Å². The van der Waals surface area contributed by atoms with Crippen LogP contribution in [0.25, 0.3) is 0 Å². The molecule has 1 aromatic rings. The first-order valence-corrected chi connectivity index (χ1v) is 6.39. The fourth-order valence-corrected chi connectivity index (χ4v) is 1.80. The summed E-state index contributed by atoms with van der Waals surface area (Å²) in [6, 6.07) is 5.56. The molecule has 1 aliphatic rings. The van der Waals surface area contributed by atoms with E-state index in [1.807, 2.05) is 18.2 Å². The molecular formula is C15H18O3. The number of rotatable bonds is 4. The normalized spacial score (nSPS) is 13.9. The lowest BCUT2D eigenvalue weighted by molar-refractivity contribution is 0.174. The van der Waals surface area contributed by atoms with E-state index in [-0.39, 0.29) is 6.79 Å². The summed E-state index contributed by atoms with van der Waals surface area (Å²) < 4.78 is 10.5. The van der Waals surface area contributed by atoms with Gasteiger partial charge in [0.2, 0.25) is 6.79 Å². The van der Waals surface area contributed by atoms with Gasteiger partial charge in [0.05, 0.1) is 0 Å². The first-order valence-electron chi connectivity index (χ1n) is 6.39. The quantitative estimate of drug-likeness (QED) is 0.655. The van der Waals surface area contributed by atoms with Crippen LogP contribution in [0.5, 0.6) is 11.5 Å². The molecule has 0 saturated heterocycles. The van der Waals surface area contributed by atoms with Crippen LogP contribution in [0.1, 0.15) is 38.2 Å². The standard InChI is InChI=1S/C15H18O3/c1-2-3-4-5-13(16)8-6-12-7-9-14-15(10-12)18-11-17-14/h7,9-10,13,16H,2-5,11H2,1H3. The van der Waals surface area contributed by atoms with E-state index in [2.05, 4.69) is 18.8 Å². The predicted molar refractivity (Wildman–Crippen MR) is 69.6 cm³/mol. The zero-order chi connectivity index (χ0) is 12.8. The highest BCUT2D eigenvalue weighted by Crippen LogP contribution is 2.32. The Balaban J connectivity index is 1.93. The van der Waals surface area contributed by atoms with Gasteiger partial charge < -0.3 is 14.6 Å². The molecule has 0 fully saturated rings. The van der Waals surface area contributed by atoms with Crippen LogP contribution in [0.2, 0.25) is 0 Å². The van der Waals surface area contributed by atoms with Gasteiger partial charge in [-0.2, -0.15) is 0 Å². The number of unbranched alkanes of at least 4 members (excludes halogenated alkanes) is 2. The van der Waals surface area contributed by atoms with Crippen LogP contribution in [0.3, 0.4) is 0 Å². The average molecular weight is 246 g/mol. The fourth-order valence-electron chi connectivity index (χ4n) is 1.80. The van der Waals surface area contributed by atoms with Crippen LogP contribution >= 0.6 is 0 Å². The second-order valence-electron chi connectivity index (χ2n) is 4.35. The van der Waals surface area contributed by atoms with E-state index in [9.17, 15) is 5.11 Å². The van der Waals surface area contributed by atoms with Gasteiger partial charge in [-0.1, -0.05) is 31.6 Å². The highest BCUT2D eigenvalue weighted by atomic mass is 16.7. The number of aliphatic hydroxyl groups excluding tert-OH is 1. The number of fused-ring (bicyclic) bond motifs is 1. The molecule has 2 rings (SSSR count). The van der Waals surface area contributed by atoms with Gasteiger partial charge in [0.15, 0.2) is 11.5 Å². The molecule has 1 heterocycles. The summed E-state index contributed by atoms with van der Waals surface area (Å²) in [4.78, 5) is 0. The highest BCUT2D eigenvalue weighted by molar-refractivity contribution is 5.49. The molecule has 0 saturated carbocycles. The average Bonchev–Trinajstić information content (AvgIpc) is 2.84. The molecule has 0 radical (unpaired) electrons. The van der Waals surface area contributed by atoms with Crippen LogP contribution in [0, 0.1) is 11.8 Å². The zero-order valence-corrected chi connectivity index (χ0v) is 10.6. The Morgan fingerprint density at radius 3 is 2.94 bits per heavy atom. The van der Waals surface area contributed by atoms with Crippen molar-refractivity contribution in [2.75, 3.05) is 6.79 Å². The molecule has 1 aromatic carbocycles. The summed E-state index contributed by atoms with van der Waals surface area (Å²) in [6.07, 6.45) is 3.52. The Bertz CT molecular complexity index is 457. The van der Waals surface area contributed by atoms with Crippen LogP contribution in [-0.4, -0.2) is 18.0 Å². The van der Waals surface area contributed by atoms with Crippen molar-refractivity contribution in [2.45, 2.75) is 38.7 Å². The monoisotopic (exact) mass is 246 g/mol. The number of hydrogen-bond donors (Lipinski definition) is 1. The van der Waals surface area contributed by atoms with E-state index in [0.717, 1.165) is 42.7 Å². The van der Waals surface area contributed by atoms with E-state index in [1.165, 1.54) is 0 Å². The molecule has 0 spiro atoms. The van der Waals surface area contributed by atoms with Gasteiger partial charge in [-0.3, -0.25) is 0 Å². The van der Waals surface area contributed by atoms with Crippen molar-refractivity contribution in [3.63, 3.8) is 0 Å². The van der Waals surface area contributed by atoms with E-state index in [1.54, 1.807) is 0 Å². The third-order valence-electron chi connectivity index (χ3n) is 2.84. The molecule has 18 heavy (non-hydrogen) atoms. The second kappa shape index (κ2) is 6.32. The Hall–Kier alpha value is -1.66. The molecule has 0 aliphatic carbocycles. The molecule has 0 bridgehead atoms. The highest BCUT2D eigenvalue weighted by Gasteiger charge is 2.12. The van der Waals surface area contributed by atoms with Crippen molar-refractivity contribution in [3.05, 3.63) is 23.8 Å². The van der Waals surface area contributed by atoms with Crippen molar-refractivity contribution in [2.24, 2.45) is 0 Å². The summed E-state index contributed by atoms with van der Waals surface area (Å²) in [5, 5.41) is 9.70. The Kier molecular flexibility index (Phi) is 4.49. The molecule has 0 aromatic heterocycles. The number of hydrogen-bond acceptors (Lipinski definition) is 3. The maximum atomic E-state index is 9.70. The minimum Gasteiger partial charge on any atom is -0.454 e. The van der Waals surface area contributed by atoms with Gasteiger partial charge in [0.25, 0.3) is 0 Å². The van der Waals surface area contributed by atoms with Crippen LogP contribution in [0.15, 0.2) is 18.2 Å². The minimum absolute atomic E-state index is 0.270. The predicted octanol–water partition coefficient (Wildman–Crippen LogP) is 2.71. The van der Waals surface area contributed by atoms with Gasteiger partial charge >= 0.3 is 0 Å². The lowest BCUT2D eigenvalue weighted by Crippen LogP contribution is -2.02. The van der Waals surface area contributed by atoms with Crippen molar-refractivity contribution in [3.8, 4) is 23.3 Å². The van der Waals surface area contributed by atoms with E-state index < -0.39 is 6.10 Å². The largest absolute Gasteiger partial charge is 0.454 e. The minimum atomic E-state index is -0.540. The summed E-state index contributed by atoms with van der Waals surface area (Å²) in [5.74, 6) is 7.30. The van der Waals surface area contributed by atoms with Crippen LogP contribution in [-0.2, 0) is 0 Å². The van der Waals surface area contributed by atoms with E-state index in [0.29, 0.717) is 0 Å². The van der Waals surface area contributed by atoms with Gasteiger partial charge in [-0.25, -0.2) is 0 Å². The van der Waals surface area contributed by atoms with Crippen molar-refractivity contribution in [1.29, 1.82) is 0 Å². The van der Waals surface area contributed by atoms with Crippen molar-refractivity contribution >= 4 is 0 Å². The molecular weight excluding hydrogens is 228 g/mol. The second-order valence-corrected chi connectivity index (χ2v) is 4.35. The molecule has 1 aliphatic heterocycles. The number of benzene rings is 1. The zero-order valence-electron chi connectivity index (χ0n) is 10.6. The molecule has 3 nitrogen and oxygen atoms in total. The third kappa shape index (κ3) is 3.41. The Morgan fingerprint density at radius 2 is 2.11 bits per heavy atom. The molecule has 1 N–H and O–H groups in total. The molecule has 1 atom stereocenters. The van der Waals surface area contributed by atoms with Gasteiger partial charge in [0, 0.05) is 5.56 Å². The van der Waals surface area contributed by atoms with E-state index in [4.69, 9.17) is 9.47 Å². The fraction of sp³-hybridized carbons (Fsp3) is 0.467. The smallest absolute Gasteiger partial charge is 0.231 e. The van der Waals surface area contributed by atoms with Crippen LogP contribution in [0.4, 0.5) is 0 Å². The Labute approximate surface area is 108 Å². The number of aliphatic hydroxyl groups is 1. The van der Waals surface area contributed by atoms with Crippen molar-refractivity contribution in [1.82, 2.24) is 0 Å². The summed E-state index contributed by atoms with van der Waals surface area (Å²) >= 11 is 0. The summed E-state index contributed by atoms with van der Waals surface area (Å²) in [6.45, 7) is 2.41. The van der Waals surface area contributed by atoms with Gasteiger partial charge in [0.1, 0.15) is 6.10 Å². The maximum Gasteiger partial charge on any atom is 0.231 e. The Morgan fingerprint density at radius 1 is 1.28 bits per heavy atom. The maximum absolute atomic E-state index is 9.70. The number of ether oxygens (including phenoxy) is 2. The third-order valence-corrected chi connectivity index (χ3v) is 2.84. The summed E-state index contributed by atoms with van der Waals surface area (Å²) in [5.41, 5.74) is 0.841. The SMILES string of the molecule is CCCCCC(O)C#Cc1ccc2c(c1)OCO2. The molecule has 96 valence electrons.